The number of fused-ring (bicyclic) bond motifs is 1. The van der Waals surface area contributed by atoms with Crippen LogP contribution >= 0.6 is 0 Å². The number of benzene rings is 1. The Morgan fingerprint density at radius 3 is 2.33 bits per heavy atom. The molecule has 6 nitrogen and oxygen atoms in total. The first-order valence-electron chi connectivity index (χ1n) is 8.57. The van der Waals surface area contributed by atoms with Crippen LogP contribution in [0, 0.1) is 11.8 Å². The van der Waals surface area contributed by atoms with Crippen molar-refractivity contribution >= 4 is 17.8 Å². The summed E-state index contributed by atoms with van der Waals surface area (Å²) >= 11 is 0. The molecule has 1 aliphatic carbocycles. The lowest BCUT2D eigenvalue weighted by molar-refractivity contribution is -0.122. The minimum absolute atomic E-state index is 0.127. The number of anilines is 1. The summed E-state index contributed by atoms with van der Waals surface area (Å²) in [5.74, 6) is 0.318. The summed E-state index contributed by atoms with van der Waals surface area (Å²) in [4.78, 5) is 30.7. The van der Waals surface area contributed by atoms with Crippen molar-refractivity contribution in [3.05, 3.63) is 41.7 Å². The molecule has 1 saturated carbocycles. The summed E-state index contributed by atoms with van der Waals surface area (Å²) in [6.45, 7) is 0. The number of rotatable bonds is 4. The molecule has 2 heterocycles. The Kier molecular flexibility index (Phi) is 3.88. The predicted molar refractivity (Wildman–Crippen MR) is 88.2 cm³/mol. The largest absolute Gasteiger partial charge is 0.274 e. The van der Waals surface area contributed by atoms with Gasteiger partial charge in [-0.15, -0.1) is 5.10 Å². The number of nitrogens with zero attached hydrogens (tertiary/aromatic N) is 3. The van der Waals surface area contributed by atoms with Gasteiger partial charge < -0.3 is 0 Å². The van der Waals surface area contributed by atoms with Crippen LogP contribution in [0.3, 0.4) is 0 Å². The maximum atomic E-state index is 12.6. The van der Waals surface area contributed by atoms with Crippen molar-refractivity contribution in [3.63, 3.8) is 0 Å². The molecule has 2 aliphatic rings. The number of aromatic nitrogens is 3. The minimum Gasteiger partial charge on any atom is -0.274 e. The average Bonchev–Trinajstić information content (AvgIpc) is 3.18. The van der Waals surface area contributed by atoms with E-state index >= 15 is 0 Å². The molecule has 6 heteroatoms. The summed E-state index contributed by atoms with van der Waals surface area (Å²) < 4.78 is 0. The van der Waals surface area contributed by atoms with E-state index in [-0.39, 0.29) is 29.6 Å². The van der Waals surface area contributed by atoms with Gasteiger partial charge in [-0.05, 0) is 24.8 Å². The van der Waals surface area contributed by atoms with Crippen LogP contribution in [0.4, 0.5) is 5.95 Å². The van der Waals surface area contributed by atoms with Gasteiger partial charge in [0.25, 0.3) is 5.95 Å². The van der Waals surface area contributed by atoms with Crippen LogP contribution in [0.5, 0.6) is 0 Å². The van der Waals surface area contributed by atoms with E-state index in [0.29, 0.717) is 12.2 Å². The molecule has 24 heavy (non-hydrogen) atoms. The fraction of sp³-hybridized carbons (Fsp3) is 0.444. The number of amides is 2. The Balaban J connectivity index is 1.48. The van der Waals surface area contributed by atoms with Crippen LogP contribution in [0.15, 0.2) is 30.3 Å². The van der Waals surface area contributed by atoms with Gasteiger partial charge >= 0.3 is 0 Å². The van der Waals surface area contributed by atoms with Crippen molar-refractivity contribution in [2.75, 3.05) is 4.90 Å². The molecule has 0 radical (unpaired) electrons. The lowest BCUT2D eigenvalue weighted by Gasteiger charge is -2.19. The normalized spacial score (nSPS) is 23.6. The Morgan fingerprint density at radius 1 is 1.00 bits per heavy atom. The second-order valence-electron chi connectivity index (χ2n) is 6.58. The van der Waals surface area contributed by atoms with Crippen LogP contribution in [0.2, 0.25) is 0 Å². The Bertz CT molecular complexity index is 731. The number of aromatic amines is 1. The highest BCUT2D eigenvalue weighted by atomic mass is 16.2. The summed E-state index contributed by atoms with van der Waals surface area (Å²) in [6.07, 6.45) is 5.17. The zero-order valence-corrected chi connectivity index (χ0v) is 13.4. The van der Waals surface area contributed by atoms with Gasteiger partial charge in [0.1, 0.15) is 5.82 Å². The summed E-state index contributed by atoms with van der Waals surface area (Å²) in [6, 6.07) is 10.1. The van der Waals surface area contributed by atoms with Crippen LogP contribution in [0.1, 0.15) is 37.1 Å². The van der Waals surface area contributed by atoms with E-state index in [0.717, 1.165) is 32.1 Å². The van der Waals surface area contributed by atoms with Gasteiger partial charge in [0.2, 0.25) is 11.8 Å². The predicted octanol–water partition coefficient (Wildman–Crippen LogP) is 2.27. The number of carbonyl (C=O) groups is 2. The Morgan fingerprint density at radius 2 is 1.67 bits per heavy atom. The van der Waals surface area contributed by atoms with Gasteiger partial charge in [-0.25, -0.2) is 4.90 Å². The van der Waals surface area contributed by atoms with Gasteiger partial charge in [0.15, 0.2) is 0 Å². The van der Waals surface area contributed by atoms with Crippen molar-refractivity contribution in [3.8, 4) is 0 Å². The summed E-state index contributed by atoms with van der Waals surface area (Å²) in [5.41, 5.74) is 1.22. The fourth-order valence-corrected chi connectivity index (χ4v) is 3.76. The van der Waals surface area contributed by atoms with Gasteiger partial charge in [0.05, 0.1) is 11.8 Å². The van der Waals surface area contributed by atoms with Crippen LogP contribution in [-0.2, 0) is 22.4 Å². The van der Waals surface area contributed by atoms with Crippen molar-refractivity contribution in [1.29, 1.82) is 0 Å². The first kappa shape index (κ1) is 15.1. The molecule has 4 rings (SSSR count). The van der Waals surface area contributed by atoms with E-state index in [4.69, 9.17) is 0 Å². The van der Waals surface area contributed by atoms with E-state index < -0.39 is 0 Å². The molecule has 1 aliphatic heterocycles. The van der Waals surface area contributed by atoms with E-state index in [2.05, 4.69) is 27.3 Å². The second kappa shape index (κ2) is 6.19. The van der Waals surface area contributed by atoms with E-state index in [1.807, 2.05) is 18.2 Å². The number of nitrogens with one attached hydrogen (secondary N) is 1. The number of aryl methyl sites for hydroxylation is 2. The van der Waals surface area contributed by atoms with Crippen molar-refractivity contribution in [2.24, 2.45) is 11.8 Å². The molecule has 2 amide bonds. The zero-order chi connectivity index (χ0) is 16.5. The van der Waals surface area contributed by atoms with Crippen molar-refractivity contribution in [2.45, 2.75) is 38.5 Å². The van der Waals surface area contributed by atoms with Gasteiger partial charge in [-0.2, -0.15) is 4.98 Å². The Hall–Kier alpha value is -2.50. The monoisotopic (exact) mass is 324 g/mol. The third kappa shape index (κ3) is 2.62. The molecule has 0 spiro atoms. The smallest absolute Gasteiger partial charge is 0.258 e. The topological polar surface area (TPSA) is 79.0 Å². The number of hydrogen-bond donors (Lipinski definition) is 1. The second-order valence-corrected chi connectivity index (χ2v) is 6.58. The van der Waals surface area contributed by atoms with E-state index in [9.17, 15) is 9.59 Å². The van der Waals surface area contributed by atoms with E-state index in [1.165, 1.54) is 10.5 Å². The third-order valence-electron chi connectivity index (χ3n) is 5.05. The van der Waals surface area contributed by atoms with Crippen LogP contribution < -0.4 is 4.90 Å². The standard InChI is InChI=1S/C18H20N4O2/c23-16-13-8-4-5-9-14(13)17(24)22(16)18-19-15(20-21-18)11-10-12-6-2-1-3-7-12/h1-3,6-7,13-14H,4-5,8-11H2,(H,19,20,21)/t13-,14-/m0/s1. The quantitative estimate of drug-likeness (QED) is 0.875. The SMILES string of the molecule is O=C1[C@H]2CCCC[C@@H]2C(=O)N1c1n[nH]c(CCc2ccccc2)n1. The zero-order valence-electron chi connectivity index (χ0n) is 13.4. The molecule has 1 N–H and O–H groups in total. The van der Waals surface area contributed by atoms with Crippen LogP contribution in [0.25, 0.3) is 0 Å². The molecule has 1 aromatic carbocycles. The number of carbonyl (C=O) groups excluding carboxylic acids is 2. The molecular formula is C18H20N4O2. The maximum Gasteiger partial charge on any atom is 0.258 e. The molecule has 0 bridgehead atoms. The van der Waals surface area contributed by atoms with Gasteiger partial charge in [-0.3, -0.25) is 14.7 Å². The maximum absolute atomic E-state index is 12.6. The number of hydrogen-bond acceptors (Lipinski definition) is 4. The lowest BCUT2D eigenvalue weighted by Crippen LogP contribution is -2.31. The highest BCUT2D eigenvalue weighted by molar-refractivity contribution is 6.21. The van der Waals surface area contributed by atoms with E-state index in [1.54, 1.807) is 0 Å². The molecular weight excluding hydrogens is 304 g/mol. The third-order valence-corrected chi connectivity index (χ3v) is 5.05. The average molecular weight is 324 g/mol. The molecule has 1 saturated heterocycles. The summed E-state index contributed by atoms with van der Waals surface area (Å²) in [5, 5.41) is 6.99. The molecule has 0 unspecified atom stereocenters. The molecule has 2 fully saturated rings. The molecule has 2 atom stereocenters. The van der Waals surface area contributed by atoms with Crippen LogP contribution in [-0.4, -0.2) is 27.0 Å². The van der Waals surface area contributed by atoms with Crippen molar-refractivity contribution < 1.29 is 9.59 Å². The highest BCUT2D eigenvalue weighted by Crippen LogP contribution is 2.39. The fourth-order valence-electron chi connectivity index (χ4n) is 3.76. The van der Waals surface area contributed by atoms with Gasteiger partial charge in [-0.1, -0.05) is 43.2 Å². The molecule has 1 aromatic heterocycles. The van der Waals surface area contributed by atoms with Gasteiger partial charge in [0, 0.05) is 6.42 Å². The number of imide groups is 1. The number of H-pyrrole nitrogens is 1. The summed E-state index contributed by atoms with van der Waals surface area (Å²) in [7, 11) is 0. The highest BCUT2D eigenvalue weighted by Gasteiger charge is 2.50. The molecule has 2 aromatic rings. The van der Waals surface area contributed by atoms with Crippen molar-refractivity contribution in [1.82, 2.24) is 15.2 Å². The first-order valence-corrected chi connectivity index (χ1v) is 8.57. The minimum atomic E-state index is -0.169. The Labute approximate surface area is 140 Å². The first-order chi connectivity index (χ1) is 11.7. The lowest BCUT2D eigenvalue weighted by atomic mass is 9.81. The molecule has 124 valence electrons.